The van der Waals surface area contributed by atoms with Crippen molar-refractivity contribution in [2.75, 3.05) is 0 Å². The van der Waals surface area contributed by atoms with E-state index in [1.807, 2.05) is 0 Å². The molecule has 0 saturated carbocycles. The van der Waals surface area contributed by atoms with Gasteiger partial charge in [0.05, 0.1) is 5.57 Å². The summed E-state index contributed by atoms with van der Waals surface area (Å²) in [6.07, 6.45) is 5.82. The van der Waals surface area contributed by atoms with Gasteiger partial charge in [-0.1, -0.05) is 101 Å². The maximum Gasteiger partial charge on any atom is 0.146 e. The molecule has 0 aliphatic carbocycles. The fourth-order valence-electron chi connectivity index (χ4n) is 5.52. The monoisotopic (exact) mass is 437 g/mol. The standard InChI is InChI=1S/C27H43NSi2/c1-14-26(15-17-29(20(2)3,21(4)5)22(6)7)27(19-28)16-18-30(23(8)9,24(10)11)25(12)13/h1,20-25H,2-13H3/b27-26-. The Balaban J connectivity index is 6.78. The fraction of sp³-hybridized carbons (Fsp3) is 0.667. The van der Waals surface area contributed by atoms with Crippen molar-refractivity contribution < 1.29 is 0 Å². The number of hydrogen-bond donors (Lipinski definition) is 0. The highest BCUT2D eigenvalue weighted by atomic mass is 28.3. The highest BCUT2D eigenvalue weighted by Crippen LogP contribution is 2.41. The molecule has 0 bridgehead atoms. The van der Waals surface area contributed by atoms with Crippen molar-refractivity contribution in [3.05, 3.63) is 11.1 Å². The third kappa shape index (κ3) is 5.73. The van der Waals surface area contributed by atoms with E-state index < -0.39 is 16.1 Å². The molecule has 1 nitrogen and oxygen atoms in total. The Labute approximate surface area is 190 Å². The van der Waals surface area contributed by atoms with Gasteiger partial charge in [-0.15, -0.1) is 17.5 Å². The molecule has 0 aromatic carbocycles. The number of nitrogens with zero attached hydrogens (tertiary/aromatic N) is 1. The molecule has 0 rings (SSSR count). The molecular weight excluding hydrogens is 394 g/mol. The number of terminal acetylenes is 1. The zero-order valence-corrected chi connectivity index (χ0v) is 23.5. The van der Waals surface area contributed by atoms with E-state index in [9.17, 15) is 5.26 Å². The van der Waals surface area contributed by atoms with Crippen LogP contribution in [0.3, 0.4) is 0 Å². The van der Waals surface area contributed by atoms with Crippen molar-refractivity contribution in [3.8, 4) is 41.3 Å². The average molecular weight is 438 g/mol. The topological polar surface area (TPSA) is 23.8 Å². The summed E-state index contributed by atoms with van der Waals surface area (Å²) >= 11 is 0. The lowest BCUT2D eigenvalue weighted by Crippen LogP contribution is -2.43. The zero-order valence-electron chi connectivity index (χ0n) is 21.5. The number of allylic oxidation sites excluding steroid dienone is 2. The minimum Gasteiger partial charge on any atom is -0.192 e. The zero-order chi connectivity index (χ0) is 23.9. The number of rotatable bonds is 6. The van der Waals surface area contributed by atoms with E-state index in [-0.39, 0.29) is 0 Å². The second kappa shape index (κ2) is 11.7. The summed E-state index contributed by atoms with van der Waals surface area (Å²) in [5.41, 5.74) is 11.2. The summed E-state index contributed by atoms with van der Waals surface area (Å²) < 4.78 is 0. The predicted molar refractivity (Wildman–Crippen MR) is 139 cm³/mol. The molecule has 0 radical (unpaired) electrons. The highest BCUT2D eigenvalue weighted by Gasteiger charge is 2.42. The van der Waals surface area contributed by atoms with Crippen LogP contribution < -0.4 is 0 Å². The fourth-order valence-corrected chi connectivity index (χ4v) is 15.9. The molecule has 0 heterocycles. The third-order valence-electron chi connectivity index (χ3n) is 7.05. The molecule has 0 N–H and O–H groups in total. The van der Waals surface area contributed by atoms with Crippen LogP contribution in [0.4, 0.5) is 0 Å². The van der Waals surface area contributed by atoms with Gasteiger partial charge in [-0.3, -0.25) is 0 Å². The van der Waals surface area contributed by atoms with Crippen molar-refractivity contribution in [3.63, 3.8) is 0 Å². The molecule has 0 atom stereocenters. The predicted octanol–water partition coefficient (Wildman–Crippen LogP) is 7.88. The van der Waals surface area contributed by atoms with Crippen LogP contribution in [0.2, 0.25) is 33.2 Å². The molecule has 0 amide bonds. The molecule has 30 heavy (non-hydrogen) atoms. The lowest BCUT2D eigenvalue weighted by Gasteiger charge is -2.38. The van der Waals surface area contributed by atoms with Crippen molar-refractivity contribution in [2.24, 2.45) is 0 Å². The molecule has 0 saturated heterocycles. The Morgan fingerprint density at radius 2 is 0.833 bits per heavy atom. The molecule has 0 aliphatic rings. The first kappa shape index (κ1) is 28.3. The van der Waals surface area contributed by atoms with Crippen LogP contribution in [-0.2, 0) is 0 Å². The normalized spacial score (nSPS) is 13.1. The van der Waals surface area contributed by atoms with Crippen LogP contribution in [-0.4, -0.2) is 16.1 Å². The van der Waals surface area contributed by atoms with Gasteiger partial charge in [-0.2, -0.15) is 5.26 Å². The molecule has 0 fully saturated rings. The maximum atomic E-state index is 9.85. The summed E-state index contributed by atoms with van der Waals surface area (Å²) in [5, 5.41) is 9.85. The Morgan fingerprint density at radius 3 is 1.03 bits per heavy atom. The first-order valence-corrected chi connectivity index (χ1v) is 15.9. The minimum absolute atomic E-state index is 0.364. The summed E-state index contributed by atoms with van der Waals surface area (Å²) in [4.78, 5) is 0. The van der Waals surface area contributed by atoms with Gasteiger partial charge in [0.2, 0.25) is 0 Å². The van der Waals surface area contributed by atoms with Crippen molar-refractivity contribution in [2.45, 2.75) is 116 Å². The largest absolute Gasteiger partial charge is 0.192 e. The Hall–Kier alpha value is -1.66. The molecular formula is C27H43NSi2. The summed E-state index contributed by atoms with van der Waals surface area (Å²) in [6.45, 7) is 27.3. The average Bonchev–Trinajstić information content (AvgIpc) is 2.61. The Morgan fingerprint density at radius 1 is 0.567 bits per heavy atom. The van der Waals surface area contributed by atoms with Crippen molar-refractivity contribution in [1.82, 2.24) is 0 Å². The van der Waals surface area contributed by atoms with Crippen LogP contribution >= 0.6 is 0 Å². The molecule has 0 unspecified atom stereocenters. The second-order valence-corrected chi connectivity index (χ2v) is 21.5. The number of hydrogen-bond acceptors (Lipinski definition) is 1. The van der Waals surface area contributed by atoms with Gasteiger partial charge in [-0.05, 0) is 33.2 Å². The van der Waals surface area contributed by atoms with Gasteiger partial charge in [0.25, 0.3) is 0 Å². The van der Waals surface area contributed by atoms with Crippen LogP contribution in [0.1, 0.15) is 83.1 Å². The van der Waals surface area contributed by atoms with Crippen LogP contribution in [0.5, 0.6) is 0 Å². The van der Waals surface area contributed by atoms with Gasteiger partial charge in [0.1, 0.15) is 27.8 Å². The first-order valence-electron chi connectivity index (χ1n) is 11.4. The first-order chi connectivity index (χ1) is 13.7. The van der Waals surface area contributed by atoms with E-state index in [0.29, 0.717) is 44.4 Å². The van der Waals surface area contributed by atoms with Crippen molar-refractivity contribution in [1.29, 1.82) is 5.26 Å². The molecule has 0 aromatic rings. The Kier molecular flexibility index (Phi) is 11.0. The van der Waals surface area contributed by atoms with E-state index in [1.165, 1.54) is 0 Å². The molecule has 164 valence electrons. The van der Waals surface area contributed by atoms with E-state index in [1.54, 1.807) is 0 Å². The lowest BCUT2D eigenvalue weighted by molar-refractivity contribution is 0.838. The summed E-state index contributed by atoms with van der Waals surface area (Å²) in [5.74, 6) is 9.19. The van der Waals surface area contributed by atoms with Gasteiger partial charge < -0.3 is 0 Å². The van der Waals surface area contributed by atoms with Crippen LogP contribution in [0, 0.1) is 46.6 Å². The van der Waals surface area contributed by atoms with Crippen LogP contribution in [0.25, 0.3) is 0 Å². The van der Waals surface area contributed by atoms with Crippen LogP contribution in [0.15, 0.2) is 11.1 Å². The SMILES string of the molecule is C#C/C(C#C[Si](C(C)C)(C(C)C)C(C)C)=C(/C#N)C#C[Si](C(C)C)(C(C)C)C(C)C. The molecule has 0 spiro atoms. The lowest BCUT2D eigenvalue weighted by atomic mass is 10.1. The van der Waals surface area contributed by atoms with Gasteiger partial charge in [0.15, 0.2) is 0 Å². The second-order valence-electron chi connectivity index (χ2n) is 10.3. The molecule has 3 heteroatoms. The highest BCUT2D eigenvalue weighted by molar-refractivity contribution is 6.91. The van der Waals surface area contributed by atoms with Gasteiger partial charge in [0, 0.05) is 0 Å². The van der Waals surface area contributed by atoms with E-state index in [0.717, 1.165) is 0 Å². The smallest absolute Gasteiger partial charge is 0.146 e. The number of nitriles is 1. The minimum atomic E-state index is -1.93. The summed E-state index contributed by atoms with van der Waals surface area (Å²) in [6, 6.07) is 2.27. The van der Waals surface area contributed by atoms with E-state index in [2.05, 4.69) is 118 Å². The third-order valence-corrected chi connectivity index (χ3v) is 19.6. The molecule has 0 aromatic heterocycles. The van der Waals surface area contributed by atoms with E-state index in [4.69, 9.17) is 6.42 Å². The molecule has 0 aliphatic heterocycles. The van der Waals surface area contributed by atoms with Gasteiger partial charge in [-0.25, -0.2) is 0 Å². The van der Waals surface area contributed by atoms with E-state index >= 15 is 0 Å². The van der Waals surface area contributed by atoms with Crippen molar-refractivity contribution >= 4 is 16.1 Å². The summed E-state index contributed by atoms with van der Waals surface area (Å²) in [7, 11) is -3.85. The Bertz CT molecular complexity index is 705. The quantitative estimate of drug-likeness (QED) is 0.235. The van der Waals surface area contributed by atoms with Gasteiger partial charge >= 0.3 is 0 Å². The maximum absolute atomic E-state index is 9.85.